The van der Waals surface area contributed by atoms with Crippen LogP contribution in [0.15, 0.2) is 6.08 Å². The Morgan fingerprint density at radius 3 is 2.68 bits per heavy atom. The highest BCUT2D eigenvalue weighted by molar-refractivity contribution is 14.1. The Balaban J connectivity index is 0.000000637. The summed E-state index contributed by atoms with van der Waals surface area (Å²) in [4.78, 5) is 9.95. The van der Waals surface area contributed by atoms with Gasteiger partial charge in [0.1, 0.15) is 11.5 Å². The molecule has 0 amide bonds. The molecule has 0 saturated carbocycles. The molecule has 3 rings (SSSR count). The van der Waals surface area contributed by atoms with E-state index in [4.69, 9.17) is 0 Å². The van der Waals surface area contributed by atoms with Crippen molar-refractivity contribution < 1.29 is 0 Å². The molecule has 1 N–H and O–H groups in total. The molecule has 4 nitrogen and oxygen atoms in total. The van der Waals surface area contributed by atoms with E-state index >= 15 is 0 Å². The van der Waals surface area contributed by atoms with Gasteiger partial charge in [0.05, 0.1) is 9.09 Å². The van der Waals surface area contributed by atoms with Crippen molar-refractivity contribution in [2.75, 3.05) is 11.9 Å². The van der Waals surface area contributed by atoms with Crippen LogP contribution in [0.2, 0.25) is 0 Å². The van der Waals surface area contributed by atoms with E-state index in [9.17, 15) is 0 Å². The van der Waals surface area contributed by atoms with Crippen LogP contribution in [0.1, 0.15) is 19.4 Å². The van der Waals surface area contributed by atoms with Gasteiger partial charge in [0.15, 0.2) is 3.83 Å². The molecule has 1 aliphatic heterocycles. The number of aryl methyl sites for hydroxylation is 1. The van der Waals surface area contributed by atoms with Gasteiger partial charge >= 0.3 is 0 Å². The number of nitrogens with one attached hydrogen (secondary N) is 1. The van der Waals surface area contributed by atoms with Crippen molar-refractivity contribution in [1.82, 2.24) is 14.5 Å². The van der Waals surface area contributed by atoms with Gasteiger partial charge in [-0.3, -0.25) is 0 Å². The summed E-state index contributed by atoms with van der Waals surface area (Å²) in [7, 11) is 2.02. The van der Waals surface area contributed by atoms with Crippen molar-refractivity contribution >= 4 is 79.6 Å². The molecule has 0 radical (unpaired) electrons. The van der Waals surface area contributed by atoms with Gasteiger partial charge in [0.2, 0.25) is 0 Å². The van der Waals surface area contributed by atoms with E-state index in [1.807, 2.05) is 20.9 Å². The van der Waals surface area contributed by atoms with Crippen molar-refractivity contribution in [3.05, 3.63) is 19.2 Å². The van der Waals surface area contributed by atoms with Gasteiger partial charge in [-0.15, -0.1) is 12.6 Å². The summed E-state index contributed by atoms with van der Waals surface area (Å²) in [6.45, 7) is 4.75. The lowest BCUT2D eigenvalue weighted by Gasteiger charge is -2.04. The molecule has 0 aliphatic carbocycles. The summed E-state index contributed by atoms with van der Waals surface area (Å²) in [6.07, 6.45) is 2.06. The average Bonchev–Trinajstić information content (AvgIpc) is 2.56. The van der Waals surface area contributed by atoms with E-state index in [0.29, 0.717) is 0 Å². The fourth-order valence-electron chi connectivity index (χ4n) is 1.97. The Hall–Kier alpha value is -0.0300. The summed E-state index contributed by atoms with van der Waals surface area (Å²) >= 11 is 9.03. The molecule has 0 aromatic carbocycles. The standard InChI is InChI=1S/C10H8I2N4S.C2H6/c1-16-7(11)5-4(17)2-3-13-8-6(5)9(16)15-10(12)14-8;1-2/h2,17H,3H2,1H3,(H,13,14,15);1-2H3. The fraction of sp³-hybridized carbons (Fsp3) is 0.333. The molecule has 2 aromatic heterocycles. The third kappa shape index (κ3) is 2.60. The second kappa shape index (κ2) is 6.17. The Bertz CT molecular complexity index is 664. The first-order chi connectivity index (χ1) is 9.09. The lowest BCUT2D eigenvalue weighted by atomic mass is 10.2. The number of aromatic nitrogens is 3. The van der Waals surface area contributed by atoms with Gasteiger partial charge in [0, 0.05) is 46.7 Å². The maximum absolute atomic E-state index is 4.56. The minimum Gasteiger partial charge on any atom is -0.366 e. The van der Waals surface area contributed by atoms with Gasteiger partial charge in [-0.25, -0.2) is 9.97 Å². The SMILES string of the molecule is CC.Cn1c(I)c2c3c(nc(I)nc31)NCC=C2S. The number of rotatable bonds is 0. The van der Waals surface area contributed by atoms with E-state index in [1.54, 1.807) is 0 Å². The minimum absolute atomic E-state index is 0.746. The number of nitrogens with zero attached hydrogens (tertiary/aromatic N) is 3. The van der Waals surface area contributed by atoms with E-state index in [-0.39, 0.29) is 0 Å². The van der Waals surface area contributed by atoms with E-state index < -0.39 is 0 Å². The summed E-state index contributed by atoms with van der Waals surface area (Å²) in [5.41, 5.74) is 2.08. The van der Waals surface area contributed by atoms with Crippen molar-refractivity contribution in [3.63, 3.8) is 0 Å². The minimum atomic E-state index is 0.746. The predicted octanol–water partition coefficient (Wildman–Crippen LogP) is 3.90. The van der Waals surface area contributed by atoms with Crippen LogP contribution in [0, 0.1) is 7.53 Å². The molecular weight excluding hydrogens is 486 g/mol. The lowest BCUT2D eigenvalue weighted by Crippen LogP contribution is -2.03. The predicted molar refractivity (Wildman–Crippen MR) is 101 cm³/mol. The molecule has 102 valence electrons. The average molecular weight is 500 g/mol. The van der Waals surface area contributed by atoms with E-state index in [1.165, 1.54) is 0 Å². The molecule has 2 aromatic rings. The number of hydrogen-bond donors (Lipinski definition) is 2. The number of anilines is 1. The lowest BCUT2D eigenvalue weighted by molar-refractivity contribution is 0.909. The molecule has 0 atom stereocenters. The molecule has 0 unspecified atom stereocenters. The molecule has 3 heterocycles. The maximum Gasteiger partial charge on any atom is 0.194 e. The van der Waals surface area contributed by atoms with Crippen LogP contribution in [0.4, 0.5) is 5.82 Å². The zero-order valence-corrected chi connectivity index (χ0v) is 16.0. The Labute approximate surface area is 145 Å². The summed E-state index contributed by atoms with van der Waals surface area (Å²) in [5, 5.41) is 4.37. The largest absolute Gasteiger partial charge is 0.366 e. The third-order valence-electron chi connectivity index (χ3n) is 2.75. The van der Waals surface area contributed by atoms with Crippen LogP contribution in [0.3, 0.4) is 0 Å². The molecule has 0 spiro atoms. The molecule has 0 saturated heterocycles. The monoisotopic (exact) mass is 500 g/mol. The number of halogens is 2. The van der Waals surface area contributed by atoms with Crippen molar-refractivity contribution in [1.29, 1.82) is 0 Å². The van der Waals surface area contributed by atoms with Crippen LogP contribution >= 0.6 is 57.8 Å². The highest BCUT2D eigenvalue weighted by Gasteiger charge is 2.22. The first-order valence-electron chi connectivity index (χ1n) is 5.94. The number of hydrogen-bond acceptors (Lipinski definition) is 4. The van der Waals surface area contributed by atoms with E-state index in [0.717, 1.165) is 41.4 Å². The molecular formula is C12H14I2N4S. The Morgan fingerprint density at radius 2 is 2.00 bits per heavy atom. The Kier molecular flexibility index (Phi) is 4.99. The first kappa shape index (κ1) is 15.4. The smallest absolute Gasteiger partial charge is 0.194 e. The van der Waals surface area contributed by atoms with Crippen molar-refractivity contribution in [3.8, 4) is 0 Å². The zero-order chi connectivity index (χ0) is 14.2. The second-order valence-corrected chi connectivity index (χ2v) is 6.20. The summed E-state index contributed by atoms with van der Waals surface area (Å²) in [6, 6.07) is 0. The normalized spacial score (nSPS) is 13.3. The number of thiol groups is 1. The second-order valence-electron chi connectivity index (χ2n) is 3.73. The highest BCUT2D eigenvalue weighted by Crippen LogP contribution is 2.38. The first-order valence-corrected chi connectivity index (χ1v) is 8.55. The van der Waals surface area contributed by atoms with Crippen molar-refractivity contribution in [2.45, 2.75) is 13.8 Å². The van der Waals surface area contributed by atoms with Gasteiger partial charge in [-0.1, -0.05) is 19.9 Å². The van der Waals surface area contributed by atoms with Crippen LogP contribution in [-0.4, -0.2) is 21.1 Å². The van der Waals surface area contributed by atoms with E-state index in [2.05, 4.69) is 83.7 Å². The topological polar surface area (TPSA) is 42.7 Å². The van der Waals surface area contributed by atoms with Gasteiger partial charge < -0.3 is 9.88 Å². The van der Waals surface area contributed by atoms with Crippen molar-refractivity contribution in [2.24, 2.45) is 7.05 Å². The molecule has 1 aliphatic rings. The van der Waals surface area contributed by atoms with Crippen LogP contribution < -0.4 is 5.32 Å². The summed E-state index contributed by atoms with van der Waals surface area (Å²) < 4.78 is 3.97. The van der Waals surface area contributed by atoms with Crippen LogP contribution in [0.25, 0.3) is 15.9 Å². The quantitative estimate of drug-likeness (QED) is 0.328. The zero-order valence-electron chi connectivity index (χ0n) is 10.8. The Morgan fingerprint density at radius 1 is 1.32 bits per heavy atom. The highest BCUT2D eigenvalue weighted by atomic mass is 127. The molecule has 7 heteroatoms. The maximum atomic E-state index is 4.56. The van der Waals surface area contributed by atoms with Gasteiger partial charge in [0.25, 0.3) is 0 Å². The van der Waals surface area contributed by atoms with Gasteiger partial charge in [-0.05, 0) is 22.6 Å². The molecule has 0 bridgehead atoms. The fourth-order valence-corrected chi connectivity index (χ4v) is 3.75. The third-order valence-corrected chi connectivity index (χ3v) is 4.90. The van der Waals surface area contributed by atoms with Crippen LogP contribution in [-0.2, 0) is 7.05 Å². The van der Waals surface area contributed by atoms with Gasteiger partial charge in [-0.2, -0.15) is 0 Å². The molecule has 0 fully saturated rings. The van der Waals surface area contributed by atoms with Crippen LogP contribution in [0.5, 0.6) is 0 Å². The summed E-state index contributed by atoms with van der Waals surface area (Å²) in [5.74, 6) is 0.896. The molecule has 19 heavy (non-hydrogen) atoms.